The monoisotopic (exact) mass is 315 g/mol. The zero-order chi connectivity index (χ0) is 16.4. The van der Waals surface area contributed by atoms with Gasteiger partial charge in [-0.1, -0.05) is 24.6 Å². The van der Waals surface area contributed by atoms with Crippen LogP contribution in [0.2, 0.25) is 0 Å². The van der Waals surface area contributed by atoms with Gasteiger partial charge in [0.15, 0.2) is 0 Å². The number of piperidine rings is 1. The molecule has 1 aromatic rings. The minimum absolute atomic E-state index is 0.115. The predicted octanol–water partition coefficient (Wildman–Crippen LogP) is 2.38. The molecule has 0 bridgehead atoms. The molecule has 0 spiro atoms. The lowest BCUT2D eigenvalue weighted by Gasteiger charge is -2.37. The van der Waals surface area contributed by atoms with Crippen molar-refractivity contribution in [3.8, 4) is 0 Å². The van der Waals surface area contributed by atoms with Crippen LogP contribution in [0.25, 0.3) is 0 Å². The Balaban J connectivity index is 1.73. The van der Waals surface area contributed by atoms with E-state index < -0.39 is 0 Å². The van der Waals surface area contributed by atoms with Gasteiger partial charge < -0.3 is 5.32 Å². The van der Waals surface area contributed by atoms with Crippen molar-refractivity contribution >= 4 is 11.9 Å². The standard InChI is InChI=1S/C18H25N3O2/c1-13-6-5-7-15(14(13)2)16-8-3-4-9-20(16)10-11-21-17(22)12-19-18(21)23/h5-7,16H,3-4,8-12H2,1-2H3,(H,19,23)/t16-/m0/s1. The second-order valence-corrected chi connectivity index (χ2v) is 6.54. The largest absolute Gasteiger partial charge is 0.329 e. The average molecular weight is 315 g/mol. The van der Waals surface area contributed by atoms with Crippen LogP contribution in [-0.4, -0.2) is 47.9 Å². The fourth-order valence-corrected chi connectivity index (χ4v) is 3.66. The summed E-state index contributed by atoms with van der Waals surface area (Å²) in [6.07, 6.45) is 3.56. The van der Waals surface area contributed by atoms with Gasteiger partial charge in [0, 0.05) is 19.1 Å². The van der Waals surface area contributed by atoms with E-state index in [-0.39, 0.29) is 18.5 Å². The lowest BCUT2D eigenvalue weighted by molar-refractivity contribution is -0.125. The number of nitrogens with one attached hydrogen (secondary N) is 1. The Hall–Kier alpha value is -1.88. The smallest absolute Gasteiger partial charge is 0.324 e. The second kappa shape index (κ2) is 6.71. The third kappa shape index (κ3) is 3.24. The maximum absolute atomic E-state index is 11.7. The van der Waals surface area contributed by atoms with Crippen LogP contribution in [0.1, 0.15) is 42.0 Å². The summed E-state index contributed by atoms with van der Waals surface area (Å²) in [6, 6.07) is 6.64. The summed E-state index contributed by atoms with van der Waals surface area (Å²) in [4.78, 5) is 27.2. The third-order valence-electron chi connectivity index (χ3n) is 5.17. The molecule has 0 radical (unpaired) electrons. The first-order valence-electron chi connectivity index (χ1n) is 8.46. The van der Waals surface area contributed by atoms with Crippen molar-refractivity contribution in [1.29, 1.82) is 0 Å². The first-order chi connectivity index (χ1) is 11.1. The van der Waals surface area contributed by atoms with Crippen molar-refractivity contribution < 1.29 is 9.59 Å². The summed E-state index contributed by atoms with van der Waals surface area (Å²) >= 11 is 0. The quantitative estimate of drug-likeness (QED) is 0.868. The molecular formula is C18H25N3O2. The number of carbonyl (C=O) groups is 2. The van der Waals surface area contributed by atoms with E-state index in [0.717, 1.165) is 19.5 Å². The summed E-state index contributed by atoms with van der Waals surface area (Å²) in [5, 5.41) is 2.59. The molecule has 1 aromatic carbocycles. The van der Waals surface area contributed by atoms with E-state index in [4.69, 9.17) is 0 Å². The molecule has 2 aliphatic heterocycles. The number of likely N-dealkylation sites (tertiary alicyclic amines) is 1. The van der Waals surface area contributed by atoms with E-state index in [9.17, 15) is 9.59 Å². The highest BCUT2D eigenvalue weighted by Gasteiger charge is 2.31. The minimum Gasteiger partial charge on any atom is -0.329 e. The molecule has 5 nitrogen and oxygen atoms in total. The first kappa shape index (κ1) is 16.0. The Bertz CT molecular complexity index is 598. The average Bonchev–Trinajstić information content (AvgIpc) is 2.87. The van der Waals surface area contributed by atoms with E-state index in [1.807, 2.05) is 0 Å². The van der Waals surface area contributed by atoms with Crippen molar-refractivity contribution in [3.63, 3.8) is 0 Å². The van der Waals surface area contributed by atoms with Crippen LogP contribution in [0.15, 0.2) is 18.2 Å². The first-order valence-corrected chi connectivity index (χ1v) is 8.46. The SMILES string of the molecule is Cc1cccc([C@@H]2CCCCN2CCN2C(=O)CNC2=O)c1C. The molecule has 1 atom stereocenters. The molecule has 2 saturated heterocycles. The Morgan fingerprint density at radius 1 is 1.17 bits per heavy atom. The van der Waals surface area contributed by atoms with E-state index in [1.165, 1.54) is 34.4 Å². The summed E-state index contributed by atoms with van der Waals surface area (Å²) in [6.45, 7) is 6.73. The Morgan fingerprint density at radius 2 is 2.00 bits per heavy atom. The third-order valence-corrected chi connectivity index (χ3v) is 5.17. The van der Waals surface area contributed by atoms with Crippen molar-refractivity contribution in [2.24, 2.45) is 0 Å². The highest BCUT2D eigenvalue weighted by Crippen LogP contribution is 2.33. The number of amides is 3. The normalized spacial score (nSPS) is 22.5. The number of urea groups is 1. The zero-order valence-electron chi connectivity index (χ0n) is 14.0. The number of hydrogen-bond donors (Lipinski definition) is 1. The van der Waals surface area contributed by atoms with E-state index in [2.05, 4.69) is 42.3 Å². The van der Waals surface area contributed by atoms with Gasteiger partial charge in [-0.15, -0.1) is 0 Å². The number of rotatable bonds is 4. The maximum Gasteiger partial charge on any atom is 0.324 e. The van der Waals surface area contributed by atoms with Gasteiger partial charge in [0.25, 0.3) is 0 Å². The van der Waals surface area contributed by atoms with E-state index in [0.29, 0.717) is 12.6 Å². The van der Waals surface area contributed by atoms with Gasteiger partial charge in [-0.25, -0.2) is 4.79 Å². The Morgan fingerprint density at radius 3 is 2.74 bits per heavy atom. The number of nitrogens with zero attached hydrogens (tertiary/aromatic N) is 2. The Kier molecular flexibility index (Phi) is 4.66. The van der Waals surface area contributed by atoms with Crippen LogP contribution in [0, 0.1) is 13.8 Å². The number of imide groups is 1. The molecule has 5 heteroatoms. The molecule has 1 N–H and O–H groups in total. The Labute approximate surface area is 137 Å². The van der Waals surface area contributed by atoms with E-state index in [1.54, 1.807) is 0 Å². The van der Waals surface area contributed by atoms with Crippen LogP contribution in [0.3, 0.4) is 0 Å². The molecule has 3 rings (SSSR count). The van der Waals surface area contributed by atoms with Gasteiger partial charge in [0.05, 0.1) is 6.54 Å². The fraction of sp³-hybridized carbons (Fsp3) is 0.556. The molecule has 0 saturated carbocycles. The van der Waals surface area contributed by atoms with Crippen LogP contribution in [-0.2, 0) is 4.79 Å². The van der Waals surface area contributed by atoms with Crippen LogP contribution >= 0.6 is 0 Å². The molecule has 0 aromatic heterocycles. The van der Waals surface area contributed by atoms with Gasteiger partial charge in [0.1, 0.15) is 0 Å². The molecule has 2 heterocycles. The van der Waals surface area contributed by atoms with Gasteiger partial charge in [-0.3, -0.25) is 14.6 Å². The topological polar surface area (TPSA) is 52.6 Å². The molecule has 3 amide bonds. The second-order valence-electron chi connectivity index (χ2n) is 6.54. The molecule has 124 valence electrons. The lowest BCUT2D eigenvalue weighted by atomic mass is 9.90. The van der Waals surface area contributed by atoms with Crippen LogP contribution < -0.4 is 5.32 Å². The number of benzene rings is 1. The maximum atomic E-state index is 11.7. The zero-order valence-corrected chi connectivity index (χ0v) is 14.0. The van der Waals surface area contributed by atoms with Gasteiger partial charge in [-0.05, 0) is 49.9 Å². The van der Waals surface area contributed by atoms with Gasteiger partial charge in [-0.2, -0.15) is 0 Å². The summed E-state index contributed by atoms with van der Waals surface area (Å²) in [7, 11) is 0. The summed E-state index contributed by atoms with van der Waals surface area (Å²) in [5.74, 6) is -0.115. The van der Waals surface area contributed by atoms with Gasteiger partial charge in [0.2, 0.25) is 5.91 Å². The molecule has 2 aliphatic rings. The molecule has 0 aliphatic carbocycles. The number of hydrogen-bond acceptors (Lipinski definition) is 3. The van der Waals surface area contributed by atoms with Crippen LogP contribution in [0.4, 0.5) is 4.79 Å². The molecule has 23 heavy (non-hydrogen) atoms. The summed E-state index contributed by atoms with van der Waals surface area (Å²) < 4.78 is 0. The predicted molar refractivity (Wildman–Crippen MR) is 89.2 cm³/mol. The van der Waals surface area contributed by atoms with Crippen LogP contribution in [0.5, 0.6) is 0 Å². The summed E-state index contributed by atoms with van der Waals surface area (Å²) in [5.41, 5.74) is 4.07. The highest BCUT2D eigenvalue weighted by molar-refractivity contribution is 6.01. The van der Waals surface area contributed by atoms with E-state index >= 15 is 0 Å². The lowest BCUT2D eigenvalue weighted by Crippen LogP contribution is -2.42. The highest BCUT2D eigenvalue weighted by atomic mass is 16.2. The molecule has 2 fully saturated rings. The van der Waals surface area contributed by atoms with Crippen molar-refractivity contribution in [2.45, 2.75) is 39.2 Å². The van der Waals surface area contributed by atoms with Gasteiger partial charge >= 0.3 is 6.03 Å². The number of aryl methyl sites for hydroxylation is 1. The molecule has 0 unspecified atom stereocenters. The fourth-order valence-electron chi connectivity index (χ4n) is 3.66. The van der Waals surface area contributed by atoms with Crippen molar-refractivity contribution in [3.05, 3.63) is 34.9 Å². The number of carbonyl (C=O) groups excluding carboxylic acids is 2. The van der Waals surface area contributed by atoms with Crippen molar-refractivity contribution in [2.75, 3.05) is 26.2 Å². The van der Waals surface area contributed by atoms with Crippen molar-refractivity contribution in [1.82, 2.24) is 15.1 Å². The molecular weight excluding hydrogens is 290 g/mol. The minimum atomic E-state index is -0.254.